The molecule has 2 heterocycles. The molecule has 8 atom stereocenters. The molecule has 2 saturated heterocycles. The second-order valence-electron chi connectivity index (χ2n) is 10.9. The number of aliphatic hydroxyl groups is 5. The molecule has 246 valence electrons. The minimum absolute atomic E-state index is 0.0169. The molecule has 0 spiro atoms. The zero-order valence-corrected chi connectivity index (χ0v) is 24.1. The number of esters is 1. The van der Waals surface area contributed by atoms with Gasteiger partial charge in [0.15, 0.2) is 34.9 Å². The average molecular weight is 637 g/mol. The van der Waals surface area contributed by atoms with E-state index in [2.05, 4.69) is 0 Å². The van der Waals surface area contributed by atoms with E-state index in [1.54, 1.807) is 6.07 Å². The molecule has 2 aromatic carbocycles. The number of Topliss-reactive ketones (excluding diaryl/α,β-unsaturated/α-hetero) is 1. The van der Waals surface area contributed by atoms with Crippen LogP contribution in [0.15, 0.2) is 42.5 Å². The molecule has 0 unspecified atom stereocenters. The maximum absolute atomic E-state index is 12.1. The van der Waals surface area contributed by atoms with Crippen LogP contribution in [0.5, 0.6) is 23.0 Å². The fourth-order valence-corrected chi connectivity index (χ4v) is 4.58. The average Bonchev–Trinajstić information content (AvgIpc) is 3.29. The third-order valence-electron chi connectivity index (χ3n) is 7.31. The summed E-state index contributed by atoms with van der Waals surface area (Å²) in [5, 5.41) is 81.9. The second-order valence-corrected chi connectivity index (χ2v) is 10.9. The van der Waals surface area contributed by atoms with Gasteiger partial charge in [0.2, 0.25) is 6.29 Å². The highest BCUT2D eigenvalue weighted by Crippen LogP contribution is 2.33. The molecule has 15 nitrogen and oxygen atoms in total. The van der Waals surface area contributed by atoms with E-state index < -0.39 is 74.5 Å². The summed E-state index contributed by atoms with van der Waals surface area (Å²) in [5.41, 5.74) is -1.02. The Morgan fingerprint density at radius 1 is 0.956 bits per heavy atom. The highest BCUT2D eigenvalue weighted by atomic mass is 16.7. The molecule has 2 aliphatic rings. The monoisotopic (exact) mass is 636 g/mol. The van der Waals surface area contributed by atoms with Gasteiger partial charge in [0, 0.05) is 12.5 Å². The van der Waals surface area contributed by atoms with Gasteiger partial charge in [-0.05, 0) is 54.8 Å². The number of ketones is 1. The van der Waals surface area contributed by atoms with Gasteiger partial charge in [-0.1, -0.05) is 12.1 Å². The van der Waals surface area contributed by atoms with Crippen molar-refractivity contribution < 1.29 is 74.1 Å². The van der Waals surface area contributed by atoms with E-state index in [0.29, 0.717) is 17.5 Å². The Balaban J connectivity index is 1.30. The van der Waals surface area contributed by atoms with Gasteiger partial charge in [-0.25, -0.2) is 4.79 Å². The molecule has 2 fully saturated rings. The maximum atomic E-state index is 12.1. The third kappa shape index (κ3) is 8.47. The zero-order valence-electron chi connectivity index (χ0n) is 24.1. The Morgan fingerprint density at radius 2 is 1.71 bits per heavy atom. The van der Waals surface area contributed by atoms with Crippen LogP contribution in [0.4, 0.5) is 0 Å². The lowest BCUT2D eigenvalue weighted by Crippen LogP contribution is -2.60. The molecule has 0 aromatic heterocycles. The van der Waals surface area contributed by atoms with Gasteiger partial charge in [0.05, 0.1) is 13.2 Å². The number of hydrogen-bond acceptors (Lipinski definition) is 15. The van der Waals surface area contributed by atoms with Crippen molar-refractivity contribution in [1.82, 2.24) is 0 Å². The first-order valence-electron chi connectivity index (χ1n) is 14.0. The van der Waals surface area contributed by atoms with Crippen molar-refractivity contribution in [2.75, 3.05) is 19.8 Å². The molecular weight excluding hydrogens is 600 g/mol. The summed E-state index contributed by atoms with van der Waals surface area (Å²) in [7, 11) is 0. The van der Waals surface area contributed by atoms with Gasteiger partial charge in [0.25, 0.3) is 0 Å². The Labute approximate surface area is 257 Å². The number of benzene rings is 2. The largest absolute Gasteiger partial charge is 0.504 e. The number of aryl methyl sites for hydroxylation is 1. The van der Waals surface area contributed by atoms with E-state index in [9.17, 15) is 50.4 Å². The van der Waals surface area contributed by atoms with Crippen molar-refractivity contribution in [2.45, 2.75) is 68.5 Å². The van der Waals surface area contributed by atoms with Crippen LogP contribution in [0, 0.1) is 0 Å². The summed E-state index contributed by atoms with van der Waals surface area (Å²) in [4.78, 5) is 23.3. The Morgan fingerprint density at radius 3 is 2.40 bits per heavy atom. The fraction of sp³-hybridized carbons (Fsp3) is 0.467. The quantitative estimate of drug-likeness (QED) is 0.0811. The third-order valence-corrected chi connectivity index (χ3v) is 7.31. The van der Waals surface area contributed by atoms with Crippen LogP contribution in [0.2, 0.25) is 0 Å². The minimum Gasteiger partial charge on any atom is -0.504 e. The highest BCUT2D eigenvalue weighted by Gasteiger charge is 2.51. The Kier molecular flexibility index (Phi) is 11.0. The molecule has 0 aliphatic carbocycles. The van der Waals surface area contributed by atoms with Crippen LogP contribution in [0.3, 0.4) is 0 Å². The van der Waals surface area contributed by atoms with Gasteiger partial charge in [-0.2, -0.15) is 0 Å². The topological polar surface area (TPSA) is 242 Å². The molecule has 0 radical (unpaired) electrons. The number of carbonyl (C=O) groups is 2. The predicted octanol–water partition coefficient (Wildman–Crippen LogP) is -0.767. The SMILES string of the molecule is CC(=O)CCc1ccc(O[C@@H]2O[C@H](CO[C@@H]3OC[C@](O)(COC(=O)/C=C/c4ccc(O)c(O)c4)[C@H]3O)[C@@H](O)[C@H](O)[C@H]2O)c(O)c1. The number of rotatable bonds is 12. The minimum atomic E-state index is -2.06. The predicted molar refractivity (Wildman–Crippen MR) is 151 cm³/mol. The molecule has 2 aliphatic heterocycles. The molecule has 45 heavy (non-hydrogen) atoms. The zero-order chi connectivity index (χ0) is 32.9. The van der Waals surface area contributed by atoms with Gasteiger partial charge in [0.1, 0.15) is 42.9 Å². The first-order chi connectivity index (χ1) is 21.3. The van der Waals surface area contributed by atoms with E-state index in [4.69, 9.17) is 23.7 Å². The number of carbonyl (C=O) groups excluding carboxylic acids is 2. The fourth-order valence-electron chi connectivity index (χ4n) is 4.58. The van der Waals surface area contributed by atoms with Crippen molar-refractivity contribution in [3.8, 4) is 23.0 Å². The van der Waals surface area contributed by atoms with Crippen LogP contribution in [-0.2, 0) is 35.0 Å². The van der Waals surface area contributed by atoms with Crippen molar-refractivity contribution in [1.29, 1.82) is 0 Å². The van der Waals surface area contributed by atoms with Crippen LogP contribution in [-0.4, -0.2) is 121 Å². The lowest BCUT2D eigenvalue weighted by Gasteiger charge is -2.40. The molecule has 4 rings (SSSR count). The van der Waals surface area contributed by atoms with Crippen molar-refractivity contribution in [2.24, 2.45) is 0 Å². The Bertz CT molecular complexity index is 1380. The molecular formula is C30H36O15. The summed E-state index contributed by atoms with van der Waals surface area (Å²) in [5.74, 6) is -2.03. The number of ether oxygens (including phenoxy) is 5. The molecule has 8 N–H and O–H groups in total. The van der Waals surface area contributed by atoms with Crippen LogP contribution < -0.4 is 4.74 Å². The van der Waals surface area contributed by atoms with Gasteiger partial charge in [-0.15, -0.1) is 0 Å². The van der Waals surface area contributed by atoms with Gasteiger partial charge >= 0.3 is 5.97 Å². The Hall–Kier alpha value is -3.80. The normalized spacial score (nSPS) is 30.0. The highest BCUT2D eigenvalue weighted by molar-refractivity contribution is 5.87. The molecule has 0 bridgehead atoms. The van der Waals surface area contributed by atoms with Crippen LogP contribution in [0.1, 0.15) is 24.5 Å². The van der Waals surface area contributed by atoms with Crippen LogP contribution >= 0.6 is 0 Å². The van der Waals surface area contributed by atoms with Crippen molar-refractivity contribution in [3.63, 3.8) is 0 Å². The van der Waals surface area contributed by atoms with E-state index in [0.717, 1.165) is 6.08 Å². The first-order valence-corrected chi connectivity index (χ1v) is 14.0. The second kappa shape index (κ2) is 14.5. The van der Waals surface area contributed by atoms with Gasteiger partial charge < -0.3 is 69.3 Å². The van der Waals surface area contributed by atoms with Gasteiger partial charge in [-0.3, -0.25) is 0 Å². The lowest BCUT2D eigenvalue weighted by atomic mass is 9.99. The molecule has 0 saturated carbocycles. The molecule has 15 heteroatoms. The summed E-state index contributed by atoms with van der Waals surface area (Å²) < 4.78 is 26.9. The molecule has 2 aromatic rings. The van der Waals surface area contributed by atoms with E-state index in [1.165, 1.54) is 43.3 Å². The summed E-state index contributed by atoms with van der Waals surface area (Å²) >= 11 is 0. The summed E-state index contributed by atoms with van der Waals surface area (Å²) in [6, 6.07) is 8.26. The number of hydrogen-bond donors (Lipinski definition) is 8. The number of phenolic OH excluding ortho intramolecular Hbond substituents is 3. The van der Waals surface area contributed by atoms with E-state index >= 15 is 0 Å². The van der Waals surface area contributed by atoms with Crippen molar-refractivity contribution >= 4 is 17.8 Å². The summed E-state index contributed by atoms with van der Waals surface area (Å²) in [6.45, 7) is -0.241. The van der Waals surface area contributed by atoms with E-state index in [-0.39, 0.29) is 35.2 Å². The van der Waals surface area contributed by atoms with Crippen molar-refractivity contribution in [3.05, 3.63) is 53.6 Å². The molecule has 0 amide bonds. The van der Waals surface area contributed by atoms with Crippen LogP contribution in [0.25, 0.3) is 6.08 Å². The number of aromatic hydroxyl groups is 3. The number of aliphatic hydroxyl groups excluding tert-OH is 4. The smallest absolute Gasteiger partial charge is 0.330 e. The lowest BCUT2D eigenvalue weighted by molar-refractivity contribution is -0.289. The summed E-state index contributed by atoms with van der Waals surface area (Å²) in [6.07, 6.45) is -8.22. The maximum Gasteiger partial charge on any atom is 0.330 e. The standard InChI is InChI=1S/C30H36O15/c1-15(31)2-3-16-5-8-21(20(34)11-16)44-28-26(38)25(37)24(36)22(45-28)12-41-29-27(39)30(40,14-43-29)13-42-23(35)9-6-17-4-7-18(32)19(33)10-17/h4-11,22,24-29,32-34,36-40H,2-3,12-14H2,1H3/b9-6+/t22-,24-,25+,26-,27+,28-,29-,30-/m1/s1. The van der Waals surface area contributed by atoms with E-state index in [1.807, 2.05) is 0 Å². The number of phenols is 3. The first kappa shape index (κ1) is 34.1.